The van der Waals surface area contributed by atoms with Crippen LogP contribution in [0.4, 0.5) is 0 Å². The smallest absolute Gasteiger partial charge is 0.295 e. The third-order valence-corrected chi connectivity index (χ3v) is 6.15. The number of Topliss-reactive ketones (excluding diaryl/α,β-unsaturated/α-hetero) is 1. The molecule has 186 valence electrons. The number of likely N-dealkylation sites (tertiary alicyclic amines) is 1. The van der Waals surface area contributed by atoms with Crippen LogP contribution < -0.4 is 9.47 Å². The number of aliphatic hydroxyl groups is 1. The molecule has 1 saturated heterocycles. The number of para-hydroxylation sites is 1. The predicted octanol–water partition coefficient (Wildman–Crippen LogP) is 4.78. The Morgan fingerprint density at radius 1 is 0.972 bits per heavy atom. The molecule has 1 aliphatic heterocycles. The molecule has 0 saturated carbocycles. The van der Waals surface area contributed by atoms with Gasteiger partial charge in [-0.25, -0.2) is 0 Å². The third-order valence-electron chi connectivity index (χ3n) is 6.15. The monoisotopic (exact) mass is 486 g/mol. The zero-order valence-corrected chi connectivity index (χ0v) is 20.9. The molecule has 0 spiro atoms. The maximum absolute atomic E-state index is 13.3. The van der Waals surface area contributed by atoms with Gasteiger partial charge in [-0.05, 0) is 74.6 Å². The van der Waals surface area contributed by atoms with E-state index in [1.54, 1.807) is 31.4 Å². The number of ether oxygens (including phenoxy) is 2. The van der Waals surface area contributed by atoms with Gasteiger partial charge in [0.2, 0.25) is 0 Å². The van der Waals surface area contributed by atoms with E-state index >= 15 is 0 Å². The number of hydrogen-bond donors (Lipinski definition) is 1. The van der Waals surface area contributed by atoms with Crippen molar-refractivity contribution in [2.24, 2.45) is 0 Å². The minimum atomic E-state index is -0.758. The number of carbonyl (C=O) groups is 2. The molecular formula is C29H30N2O5. The molecule has 0 aromatic heterocycles. The fraction of sp³-hybridized carbons (Fsp3) is 0.241. The molecule has 1 N–H and O–H groups in total. The van der Waals surface area contributed by atoms with Crippen LogP contribution in [0, 0.1) is 6.92 Å². The molecule has 0 aliphatic carbocycles. The zero-order valence-electron chi connectivity index (χ0n) is 20.9. The lowest BCUT2D eigenvalue weighted by Gasteiger charge is -2.27. The van der Waals surface area contributed by atoms with E-state index in [0.29, 0.717) is 41.5 Å². The van der Waals surface area contributed by atoms with Crippen molar-refractivity contribution >= 4 is 17.4 Å². The topological polar surface area (TPSA) is 79.3 Å². The molecule has 7 heteroatoms. The Morgan fingerprint density at radius 2 is 1.69 bits per heavy atom. The minimum Gasteiger partial charge on any atom is -0.507 e. The lowest BCUT2D eigenvalue weighted by atomic mass is 9.94. The number of nitrogens with zero attached hydrogens (tertiary/aromatic N) is 2. The highest BCUT2D eigenvalue weighted by Crippen LogP contribution is 2.41. The van der Waals surface area contributed by atoms with Gasteiger partial charge in [0.1, 0.15) is 23.0 Å². The van der Waals surface area contributed by atoms with Crippen LogP contribution in [0.15, 0.2) is 78.4 Å². The maximum Gasteiger partial charge on any atom is 0.295 e. The van der Waals surface area contributed by atoms with E-state index in [9.17, 15) is 14.7 Å². The fourth-order valence-electron chi connectivity index (χ4n) is 4.32. The van der Waals surface area contributed by atoms with Crippen LogP contribution in [0.1, 0.15) is 22.7 Å². The average Bonchev–Trinajstić information content (AvgIpc) is 3.12. The summed E-state index contributed by atoms with van der Waals surface area (Å²) in [6, 6.07) is 21.0. The summed E-state index contributed by atoms with van der Waals surface area (Å²) in [4.78, 5) is 29.9. The molecule has 1 heterocycles. The molecule has 1 amide bonds. The van der Waals surface area contributed by atoms with Crippen LogP contribution >= 0.6 is 0 Å². The summed E-state index contributed by atoms with van der Waals surface area (Å²) >= 11 is 0. The summed E-state index contributed by atoms with van der Waals surface area (Å²) in [7, 11) is 5.38. The summed E-state index contributed by atoms with van der Waals surface area (Å²) in [6.07, 6.45) is 0. The van der Waals surface area contributed by atoms with Crippen LogP contribution in [0.2, 0.25) is 0 Å². The molecule has 36 heavy (non-hydrogen) atoms. The van der Waals surface area contributed by atoms with Gasteiger partial charge in [0.15, 0.2) is 0 Å². The van der Waals surface area contributed by atoms with Gasteiger partial charge in [-0.2, -0.15) is 0 Å². The van der Waals surface area contributed by atoms with Crippen molar-refractivity contribution in [2.75, 3.05) is 34.3 Å². The molecule has 1 fully saturated rings. The van der Waals surface area contributed by atoms with Gasteiger partial charge in [0.05, 0.1) is 18.7 Å². The lowest BCUT2D eigenvalue weighted by Crippen LogP contribution is -2.35. The standard InChI is InChI=1S/C29H30N2O5/c1-19-17-21(13-14-24(19)35-4)27(32)25-26(31(16-15-30(2)3)29(34)28(25)33)20-9-8-12-23(18-20)36-22-10-6-5-7-11-22/h5-14,17-18,26,32H,15-16H2,1-4H3/b27-25-. The molecule has 1 atom stereocenters. The van der Waals surface area contributed by atoms with Crippen molar-refractivity contribution < 1.29 is 24.2 Å². The van der Waals surface area contributed by atoms with Crippen LogP contribution in [0.3, 0.4) is 0 Å². The Bertz CT molecular complexity index is 1300. The first-order chi connectivity index (χ1) is 17.3. The normalized spacial score (nSPS) is 17.0. The lowest BCUT2D eigenvalue weighted by molar-refractivity contribution is -0.140. The van der Waals surface area contributed by atoms with Crippen LogP contribution in [-0.2, 0) is 9.59 Å². The minimum absolute atomic E-state index is 0.0557. The Labute approximate surface area is 211 Å². The maximum atomic E-state index is 13.3. The van der Waals surface area contributed by atoms with E-state index < -0.39 is 17.7 Å². The van der Waals surface area contributed by atoms with Crippen molar-refractivity contribution in [3.8, 4) is 17.2 Å². The number of likely N-dealkylation sites (N-methyl/N-ethyl adjacent to an activating group) is 1. The summed E-state index contributed by atoms with van der Waals surface area (Å²) in [6.45, 7) is 2.74. The molecule has 1 aliphatic rings. The third kappa shape index (κ3) is 5.11. The average molecular weight is 487 g/mol. The molecule has 0 radical (unpaired) electrons. The van der Waals surface area contributed by atoms with Crippen LogP contribution in [0.5, 0.6) is 17.2 Å². The Balaban J connectivity index is 1.81. The van der Waals surface area contributed by atoms with E-state index in [4.69, 9.17) is 9.47 Å². The zero-order chi connectivity index (χ0) is 25.8. The van der Waals surface area contributed by atoms with Crippen molar-refractivity contribution in [3.63, 3.8) is 0 Å². The molecular weight excluding hydrogens is 456 g/mol. The van der Waals surface area contributed by atoms with E-state index in [2.05, 4.69) is 0 Å². The first-order valence-electron chi connectivity index (χ1n) is 11.7. The fourth-order valence-corrected chi connectivity index (χ4v) is 4.32. The van der Waals surface area contributed by atoms with Gasteiger partial charge in [0.25, 0.3) is 11.7 Å². The van der Waals surface area contributed by atoms with Gasteiger partial charge in [-0.1, -0.05) is 30.3 Å². The number of amides is 1. The molecule has 0 bridgehead atoms. The van der Waals surface area contributed by atoms with E-state index in [-0.39, 0.29) is 11.3 Å². The highest BCUT2D eigenvalue weighted by atomic mass is 16.5. The van der Waals surface area contributed by atoms with Gasteiger partial charge in [0, 0.05) is 18.7 Å². The molecule has 7 nitrogen and oxygen atoms in total. The summed E-state index contributed by atoms with van der Waals surface area (Å²) in [5.74, 6) is 0.343. The number of benzene rings is 3. The summed E-state index contributed by atoms with van der Waals surface area (Å²) in [5.41, 5.74) is 1.98. The van der Waals surface area contributed by atoms with Gasteiger partial charge in [-0.15, -0.1) is 0 Å². The van der Waals surface area contributed by atoms with Crippen molar-refractivity contribution in [2.45, 2.75) is 13.0 Å². The Hall–Kier alpha value is -4.10. The van der Waals surface area contributed by atoms with Gasteiger partial charge in [-0.3, -0.25) is 9.59 Å². The van der Waals surface area contributed by atoms with Crippen molar-refractivity contribution in [1.82, 2.24) is 9.80 Å². The second-order valence-electron chi connectivity index (χ2n) is 8.97. The quantitative estimate of drug-likeness (QED) is 0.281. The number of hydrogen-bond acceptors (Lipinski definition) is 6. The van der Waals surface area contributed by atoms with Crippen molar-refractivity contribution in [3.05, 3.63) is 95.1 Å². The Kier molecular flexibility index (Phi) is 7.41. The van der Waals surface area contributed by atoms with Crippen LogP contribution in [0.25, 0.3) is 5.76 Å². The van der Waals surface area contributed by atoms with Gasteiger partial charge >= 0.3 is 0 Å². The number of carbonyl (C=O) groups excluding carboxylic acids is 2. The number of methoxy groups -OCH3 is 1. The first kappa shape index (κ1) is 25.0. The first-order valence-corrected chi connectivity index (χ1v) is 11.7. The summed E-state index contributed by atoms with van der Waals surface area (Å²) < 4.78 is 11.3. The second-order valence-corrected chi connectivity index (χ2v) is 8.97. The second kappa shape index (κ2) is 10.7. The predicted molar refractivity (Wildman–Crippen MR) is 138 cm³/mol. The molecule has 3 aromatic carbocycles. The van der Waals surface area contributed by atoms with E-state index in [1.165, 1.54) is 4.90 Å². The van der Waals surface area contributed by atoms with Crippen LogP contribution in [-0.4, -0.2) is 60.9 Å². The van der Waals surface area contributed by atoms with Crippen molar-refractivity contribution in [1.29, 1.82) is 0 Å². The number of rotatable bonds is 8. The number of aryl methyl sites for hydroxylation is 1. The molecule has 1 unspecified atom stereocenters. The molecule has 4 rings (SSSR count). The number of ketones is 1. The highest BCUT2D eigenvalue weighted by Gasteiger charge is 2.46. The van der Waals surface area contributed by atoms with E-state index in [0.717, 1.165) is 5.56 Å². The molecule has 3 aromatic rings. The van der Waals surface area contributed by atoms with Gasteiger partial charge < -0.3 is 24.4 Å². The summed E-state index contributed by atoms with van der Waals surface area (Å²) in [5, 5.41) is 11.3. The number of aliphatic hydroxyl groups excluding tert-OH is 1. The van der Waals surface area contributed by atoms with E-state index in [1.807, 2.05) is 74.4 Å². The SMILES string of the molecule is COc1ccc(/C(O)=C2/C(=O)C(=O)N(CCN(C)C)C2c2cccc(Oc3ccccc3)c2)cc1C. The Morgan fingerprint density at radius 3 is 2.36 bits per heavy atom. The highest BCUT2D eigenvalue weighted by molar-refractivity contribution is 6.46. The largest absolute Gasteiger partial charge is 0.507 e.